The summed E-state index contributed by atoms with van der Waals surface area (Å²) < 4.78 is 18.5. The summed E-state index contributed by atoms with van der Waals surface area (Å²) >= 11 is 6.82. The van der Waals surface area contributed by atoms with E-state index in [0.29, 0.717) is 26.9 Å². The number of halogens is 1. The van der Waals surface area contributed by atoms with Crippen molar-refractivity contribution < 1.29 is 13.9 Å². The first kappa shape index (κ1) is 16.9. The van der Waals surface area contributed by atoms with Crippen LogP contribution in [0.1, 0.15) is 32.8 Å². The number of methoxy groups -OCH3 is 1. The Morgan fingerprint density at radius 2 is 2.12 bits per heavy atom. The number of benzene rings is 1. The van der Waals surface area contributed by atoms with Gasteiger partial charge >= 0.3 is 5.97 Å². The second-order valence-electron chi connectivity index (χ2n) is 5.60. The molecule has 7 heteroatoms. The minimum Gasteiger partial charge on any atom is -0.465 e. The van der Waals surface area contributed by atoms with E-state index >= 15 is 0 Å². The van der Waals surface area contributed by atoms with Crippen LogP contribution >= 0.6 is 23.6 Å². The fourth-order valence-electron chi connectivity index (χ4n) is 2.75. The molecule has 1 aromatic heterocycles. The van der Waals surface area contributed by atoms with Gasteiger partial charge in [-0.1, -0.05) is 6.07 Å². The molecule has 3 rings (SSSR count). The fourth-order valence-corrected chi connectivity index (χ4v) is 4.31. The van der Waals surface area contributed by atoms with Gasteiger partial charge in [-0.3, -0.25) is 0 Å². The minimum absolute atomic E-state index is 0.298. The zero-order valence-corrected chi connectivity index (χ0v) is 15.0. The highest BCUT2D eigenvalue weighted by atomic mass is 32.1. The van der Waals surface area contributed by atoms with Gasteiger partial charge in [-0.15, -0.1) is 11.3 Å². The Balaban J connectivity index is 1.79. The van der Waals surface area contributed by atoms with Gasteiger partial charge in [-0.05, 0) is 61.7 Å². The number of anilines is 2. The summed E-state index contributed by atoms with van der Waals surface area (Å²) in [6.07, 6.45) is 2.90. The standard InChI is InChI=1S/C17H17FN2O2S2/c1-9-6-7-10(8-12(9)18)19-17(23)20-15-14(16(21)22-2)11-4-3-5-13(11)24-15/h6-8H,3-5H2,1-2H3,(H2,19,20,23). The average molecular weight is 364 g/mol. The molecule has 1 aliphatic carbocycles. The van der Waals surface area contributed by atoms with Crippen molar-refractivity contribution in [2.24, 2.45) is 0 Å². The maximum absolute atomic E-state index is 13.6. The number of ether oxygens (including phenoxy) is 1. The summed E-state index contributed by atoms with van der Waals surface area (Å²) in [4.78, 5) is 13.3. The van der Waals surface area contributed by atoms with Crippen molar-refractivity contribution in [3.8, 4) is 0 Å². The smallest absolute Gasteiger partial charge is 0.341 e. The van der Waals surface area contributed by atoms with Gasteiger partial charge in [0.2, 0.25) is 0 Å². The summed E-state index contributed by atoms with van der Waals surface area (Å²) in [5, 5.41) is 6.98. The molecule has 1 aromatic carbocycles. The molecule has 0 unspecified atom stereocenters. The number of rotatable bonds is 3. The van der Waals surface area contributed by atoms with Crippen molar-refractivity contribution in [3.63, 3.8) is 0 Å². The van der Waals surface area contributed by atoms with Gasteiger partial charge in [0.15, 0.2) is 5.11 Å². The van der Waals surface area contributed by atoms with Crippen LogP contribution in [0.4, 0.5) is 15.1 Å². The van der Waals surface area contributed by atoms with Gasteiger partial charge < -0.3 is 15.4 Å². The summed E-state index contributed by atoms with van der Waals surface area (Å²) in [5.74, 6) is -0.658. The molecule has 2 aromatic rings. The van der Waals surface area contributed by atoms with Gasteiger partial charge in [-0.2, -0.15) is 0 Å². The first-order valence-corrected chi connectivity index (χ1v) is 8.79. The first-order chi connectivity index (χ1) is 11.5. The molecule has 24 heavy (non-hydrogen) atoms. The Hall–Kier alpha value is -1.99. The van der Waals surface area contributed by atoms with Crippen molar-refractivity contribution >= 4 is 45.3 Å². The fraction of sp³-hybridized carbons (Fsp3) is 0.294. The molecule has 1 heterocycles. The molecule has 0 atom stereocenters. The summed E-state index contributed by atoms with van der Waals surface area (Å²) in [7, 11) is 1.37. The number of fused-ring (bicyclic) bond motifs is 1. The topological polar surface area (TPSA) is 50.4 Å². The highest BCUT2D eigenvalue weighted by molar-refractivity contribution is 7.80. The van der Waals surface area contributed by atoms with Crippen LogP contribution in [0.25, 0.3) is 0 Å². The van der Waals surface area contributed by atoms with Crippen molar-refractivity contribution in [2.75, 3.05) is 17.7 Å². The Bertz CT molecular complexity index is 817. The number of hydrogen-bond donors (Lipinski definition) is 2. The molecule has 0 radical (unpaired) electrons. The molecule has 0 spiro atoms. The predicted molar refractivity (Wildman–Crippen MR) is 98.7 cm³/mol. The maximum Gasteiger partial charge on any atom is 0.341 e. The van der Waals surface area contributed by atoms with E-state index in [0.717, 1.165) is 24.8 Å². The molecule has 0 saturated carbocycles. The SMILES string of the molecule is COC(=O)c1c(NC(=S)Nc2ccc(C)c(F)c2)sc2c1CCC2. The number of thiophene rings is 1. The van der Waals surface area contributed by atoms with Crippen molar-refractivity contribution in [1.82, 2.24) is 0 Å². The van der Waals surface area contributed by atoms with E-state index in [1.54, 1.807) is 19.1 Å². The Morgan fingerprint density at radius 1 is 1.33 bits per heavy atom. The molecule has 2 N–H and O–H groups in total. The van der Waals surface area contributed by atoms with E-state index in [1.807, 2.05) is 0 Å². The van der Waals surface area contributed by atoms with E-state index in [9.17, 15) is 9.18 Å². The van der Waals surface area contributed by atoms with Gasteiger partial charge in [0.05, 0.1) is 12.7 Å². The van der Waals surface area contributed by atoms with E-state index in [-0.39, 0.29) is 11.8 Å². The van der Waals surface area contributed by atoms with Crippen LogP contribution in [-0.2, 0) is 17.6 Å². The highest BCUT2D eigenvalue weighted by Crippen LogP contribution is 2.39. The zero-order valence-electron chi connectivity index (χ0n) is 13.4. The second kappa shape index (κ2) is 6.86. The van der Waals surface area contributed by atoms with Crippen molar-refractivity contribution in [1.29, 1.82) is 0 Å². The summed E-state index contributed by atoms with van der Waals surface area (Å²) in [5.41, 5.74) is 2.74. The number of carbonyl (C=O) groups excluding carboxylic acids is 1. The third-order valence-corrected chi connectivity index (χ3v) is 5.38. The molecule has 0 bridgehead atoms. The summed E-state index contributed by atoms with van der Waals surface area (Å²) in [6, 6.07) is 4.82. The predicted octanol–water partition coefficient (Wildman–Crippen LogP) is 4.28. The highest BCUT2D eigenvalue weighted by Gasteiger charge is 2.27. The molecular weight excluding hydrogens is 347 g/mol. The quantitative estimate of drug-likeness (QED) is 0.629. The molecule has 0 fully saturated rings. The number of thiocarbonyl (C=S) groups is 1. The molecule has 1 aliphatic rings. The molecule has 0 aliphatic heterocycles. The lowest BCUT2D eigenvalue weighted by molar-refractivity contribution is 0.0601. The van der Waals surface area contributed by atoms with Gasteiger partial charge in [0.1, 0.15) is 10.8 Å². The van der Waals surface area contributed by atoms with Gasteiger partial charge in [-0.25, -0.2) is 9.18 Å². The Kier molecular flexibility index (Phi) is 4.82. The van der Waals surface area contributed by atoms with Crippen LogP contribution in [0.2, 0.25) is 0 Å². The molecule has 4 nitrogen and oxygen atoms in total. The lowest BCUT2D eigenvalue weighted by atomic mass is 10.1. The third kappa shape index (κ3) is 3.27. The molecule has 0 amide bonds. The van der Waals surface area contributed by atoms with Crippen LogP contribution in [0, 0.1) is 12.7 Å². The normalized spacial score (nSPS) is 12.6. The lowest BCUT2D eigenvalue weighted by Gasteiger charge is -2.11. The van der Waals surface area contributed by atoms with Crippen LogP contribution in [0.5, 0.6) is 0 Å². The third-order valence-electron chi connectivity index (χ3n) is 3.97. The number of nitrogens with one attached hydrogen (secondary N) is 2. The number of esters is 1. The summed E-state index contributed by atoms with van der Waals surface area (Å²) in [6.45, 7) is 1.70. The Labute approximate surface area is 149 Å². The van der Waals surface area contributed by atoms with Gasteiger partial charge in [0, 0.05) is 10.6 Å². The molecular formula is C17H17FN2O2S2. The molecule has 0 saturated heterocycles. The largest absolute Gasteiger partial charge is 0.465 e. The monoisotopic (exact) mass is 364 g/mol. The van der Waals surface area contributed by atoms with E-state index < -0.39 is 0 Å². The number of aryl methyl sites for hydroxylation is 2. The Morgan fingerprint density at radius 3 is 2.83 bits per heavy atom. The first-order valence-electron chi connectivity index (χ1n) is 7.56. The molecule has 126 valence electrons. The van der Waals surface area contributed by atoms with Crippen LogP contribution in [0.15, 0.2) is 18.2 Å². The van der Waals surface area contributed by atoms with Gasteiger partial charge in [0.25, 0.3) is 0 Å². The van der Waals surface area contributed by atoms with Crippen molar-refractivity contribution in [2.45, 2.75) is 26.2 Å². The zero-order chi connectivity index (χ0) is 17.3. The average Bonchev–Trinajstić information content (AvgIpc) is 3.10. The number of carbonyl (C=O) groups is 1. The van der Waals surface area contributed by atoms with Crippen LogP contribution < -0.4 is 10.6 Å². The van der Waals surface area contributed by atoms with E-state index in [1.165, 1.54) is 29.4 Å². The van der Waals surface area contributed by atoms with Crippen molar-refractivity contribution in [3.05, 3.63) is 45.6 Å². The maximum atomic E-state index is 13.6. The van der Waals surface area contributed by atoms with Crippen LogP contribution in [0.3, 0.4) is 0 Å². The number of hydrogen-bond acceptors (Lipinski definition) is 4. The second-order valence-corrected chi connectivity index (χ2v) is 7.11. The van der Waals surface area contributed by atoms with E-state index in [2.05, 4.69) is 10.6 Å². The van der Waals surface area contributed by atoms with E-state index in [4.69, 9.17) is 17.0 Å². The lowest BCUT2D eigenvalue weighted by Crippen LogP contribution is -2.20. The minimum atomic E-state index is -0.360. The van der Waals surface area contributed by atoms with Crippen LogP contribution in [-0.4, -0.2) is 18.2 Å².